The van der Waals surface area contributed by atoms with Gasteiger partial charge in [0.15, 0.2) is 0 Å². The molecule has 2 atom stereocenters. The summed E-state index contributed by atoms with van der Waals surface area (Å²) >= 11 is 6.30. The largest absolute Gasteiger partial charge is 0.337 e. The lowest BCUT2D eigenvalue weighted by Crippen LogP contribution is -2.44. The predicted molar refractivity (Wildman–Crippen MR) is 75.1 cm³/mol. The van der Waals surface area contributed by atoms with E-state index in [1.165, 1.54) is 6.07 Å². The lowest BCUT2D eigenvalue weighted by molar-refractivity contribution is 0.0700. The van der Waals surface area contributed by atoms with Crippen LogP contribution in [0.1, 0.15) is 41.6 Å². The van der Waals surface area contributed by atoms with Gasteiger partial charge in [0.25, 0.3) is 5.91 Å². The van der Waals surface area contributed by atoms with Crippen LogP contribution in [-0.2, 0) is 0 Å². The highest BCUT2D eigenvalue weighted by Crippen LogP contribution is 2.27. The Morgan fingerprint density at radius 1 is 1.37 bits per heavy atom. The van der Waals surface area contributed by atoms with Gasteiger partial charge in [0.05, 0.1) is 5.38 Å². The van der Waals surface area contributed by atoms with Crippen molar-refractivity contribution < 1.29 is 9.18 Å². The minimum absolute atomic E-state index is 0.00186. The normalized spacial score (nSPS) is 23.2. The molecule has 2 nitrogen and oxygen atoms in total. The summed E-state index contributed by atoms with van der Waals surface area (Å²) in [5.41, 5.74) is 0.937. The zero-order chi connectivity index (χ0) is 14.0. The molecule has 1 saturated carbocycles. The van der Waals surface area contributed by atoms with Crippen molar-refractivity contribution in [3.05, 3.63) is 35.1 Å². The van der Waals surface area contributed by atoms with Gasteiger partial charge in [0.1, 0.15) is 5.82 Å². The van der Waals surface area contributed by atoms with Gasteiger partial charge in [0, 0.05) is 18.7 Å². The van der Waals surface area contributed by atoms with E-state index in [4.69, 9.17) is 11.6 Å². The van der Waals surface area contributed by atoms with Crippen molar-refractivity contribution >= 4 is 17.5 Å². The van der Waals surface area contributed by atoms with Crippen molar-refractivity contribution in [3.63, 3.8) is 0 Å². The van der Waals surface area contributed by atoms with Gasteiger partial charge in [-0.05, 0) is 37.5 Å². The number of hydrogen-bond donors (Lipinski definition) is 0. The van der Waals surface area contributed by atoms with E-state index in [0.29, 0.717) is 11.1 Å². The molecule has 0 heterocycles. The maximum atomic E-state index is 13.5. The molecule has 1 amide bonds. The van der Waals surface area contributed by atoms with Crippen molar-refractivity contribution in [1.82, 2.24) is 4.90 Å². The first-order chi connectivity index (χ1) is 9.00. The van der Waals surface area contributed by atoms with Crippen LogP contribution in [0.3, 0.4) is 0 Å². The first kappa shape index (κ1) is 14.3. The Morgan fingerprint density at radius 3 is 2.68 bits per heavy atom. The van der Waals surface area contributed by atoms with Gasteiger partial charge in [0.2, 0.25) is 0 Å². The summed E-state index contributed by atoms with van der Waals surface area (Å²) in [6, 6.07) is 4.66. The Kier molecular flexibility index (Phi) is 4.46. The molecule has 0 aliphatic heterocycles. The molecule has 1 aliphatic carbocycles. The second-order valence-electron chi connectivity index (χ2n) is 5.25. The van der Waals surface area contributed by atoms with Crippen LogP contribution in [0.25, 0.3) is 0 Å². The summed E-state index contributed by atoms with van der Waals surface area (Å²) < 4.78 is 13.5. The van der Waals surface area contributed by atoms with E-state index < -0.39 is 0 Å². The summed E-state index contributed by atoms with van der Waals surface area (Å²) in [6.07, 6.45) is 4.07. The quantitative estimate of drug-likeness (QED) is 0.757. The SMILES string of the molecule is Cc1ccc(C(=O)N(C)C2CCCCC2Cl)cc1F. The Bertz CT molecular complexity index is 477. The monoisotopic (exact) mass is 283 g/mol. The molecule has 0 radical (unpaired) electrons. The number of aryl methyl sites for hydroxylation is 1. The summed E-state index contributed by atoms with van der Waals surface area (Å²) in [5.74, 6) is -0.498. The molecule has 0 bridgehead atoms. The van der Waals surface area contributed by atoms with Crippen LogP contribution in [0.5, 0.6) is 0 Å². The molecule has 1 fully saturated rings. The Labute approximate surface area is 118 Å². The Morgan fingerprint density at radius 2 is 2.05 bits per heavy atom. The fraction of sp³-hybridized carbons (Fsp3) is 0.533. The number of amides is 1. The van der Waals surface area contributed by atoms with E-state index in [-0.39, 0.29) is 23.1 Å². The van der Waals surface area contributed by atoms with Crippen molar-refractivity contribution in [3.8, 4) is 0 Å². The van der Waals surface area contributed by atoms with Crippen molar-refractivity contribution in [2.45, 2.75) is 44.0 Å². The van der Waals surface area contributed by atoms with Crippen LogP contribution < -0.4 is 0 Å². The highest BCUT2D eigenvalue weighted by atomic mass is 35.5. The first-order valence-electron chi connectivity index (χ1n) is 6.68. The van der Waals surface area contributed by atoms with Crippen LogP contribution in [0.15, 0.2) is 18.2 Å². The molecule has 19 heavy (non-hydrogen) atoms. The number of halogens is 2. The number of carbonyl (C=O) groups is 1. The third-order valence-electron chi connectivity index (χ3n) is 3.88. The van der Waals surface area contributed by atoms with Gasteiger partial charge in [-0.15, -0.1) is 11.6 Å². The molecule has 104 valence electrons. The van der Waals surface area contributed by atoms with Gasteiger partial charge in [-0.25, -0.2) is 4.39 Å². The zero-order valence-corrected chi connectivity index (χ0v) is 12.1. The van der Waals surface area contributed by atoms with Gasteiger partial charge >= 0.3 is 0 Å². The second-order valence-corrected chi connectivity index (χ2v) is 5.81. The van der Waals surface area contributed by atoms with E-state index in [0.717, 1.165) is 25.7 Å². The number of benzene rings is 1. The second kappa shape index (κ2) is 5.91. The summed E-state index contributed by atoms with van der Waals surface area (Å²) in [6.45, 7) is 1.68. The molecular weight excluding hydrogens is 265 g/mol. The maximum absolute atomic E-state index is 13.5. The minimum Gasteiger partial charge on any atom is -0.337 e. The van der Waals surface area contributed by atoms with Crippen molar-refractivity contribution in [1.29, 1.82) is 0 Å². The van der Waals surface area contributed by atoms with Gasteiger partial charge < -0.3 is 4.90 Å². The van der Waals surface area contributed by atoms with E-state index in [9.17, 15) is 9.18 Å². The highest BCUT2D eigenvalue weighted by molar-refractivity contribution is 6.21. The predicted octanol–water partition coefficient (Wildman–Crippen LogP) is 3.76. The first-order valence-corrected chi connectivity index (χ1v) is 7.11. The third-order valence-corrected chi connectivity index (χ3v) is 4.39. The molecule has 0 aromatic heterocycles. The van der Waals surface area contributed by atoms with Crippen LogP contribution in [0, 0.1) is 12.7 Å². The van der Waals surface area contributed by atoms with Crippen LogP contribution >= 0.6 is 11.6 Å². The zero-order valence-electron chi connectivity index (χ0n) is 11.3. The number of alkyl halides is 1. The molecule has 0 N–H and O–H groups in total. The fourth-order valence-electron chi connectivity index (χ4n) is 2.58. The average Bonchev–Trinajstić information content (AvgIpc) is 2.41. The maximum Gasteiger partial charge on any atom is 0.253 e. The minimum atomic E-state index is -0.342. The lowest BCUT2D eigenvalue weighted by Gasteiger charge is -2.35. The molecule has 4 heteroatoms. The molecular formula is C15H19ClFNO. The number of carbonyl (C=O) groups excluding carboxylic acids is 1. The Hall–Kier alpha value is -1.09. The van der Waals surface area contributed by atoms with E-state index in [1.807, 2.05) is 0 Å². The molecule has 1 aliphatic rings. The molecule has 2 unspecified atom stereocenters. The molecule has 1 aromatic carbocycles. The molecule has 2 rings (SSSR count). The summed E-state index contributed by atoms with van der Waals surface area (Å²) in [7, 11) is 1.76. The van der Waals surface area contributed by atoms with E-state index in [1.54, 1.807) is 31.0 Å². The highest BCUT2D eigenvalue weighted by Gasteiger charge is 2.29. The standard InChI is InChI=1S/C15H19ClFNO/c1-10-7-8-11(9-13(10)17)15(19)18(2)14-6-4-3-5-12(14)16/h7-9,12,14H,3-6H2,1-2H3. The molecule has 0 spiro atoms. The average molecular weight is 284 g/mol. The number of hydrogen-bond acceptors (Lipinski definition) is 1. The fourth-order valence-corrected chi connectivity index (χ4v) is 3.03. The van der Waals surface area contributed by atoms with Crippen molar-refractivity contribution in [2.75, 3.05) is 7.05 Å². The van der Waals surface area contributed by atoms with Crippen LogP contribution in [0.2, 0.25) is 0 Å². The van der Waals surface area contributed by atoms with Crippen LogP contribution in [0.4, 0.5) is 4.39 Å². The summed E-state index contributed by atoms with van der Waals surface area (Å²) in [4.78, 5) is 14.0. The molecule has 0 saturated heterocycles. The Balaban J connectivity index is 2.15. The smallest absolute Gasteiger partial charge is 0.253 e. The van der Waals surface area contributed by atoms with E-state index in [2.05, 4.69) is 0 Å². The third kappa shape index (κ3) is 3.08. The topological polar surface area (TPSA) is 20.3 Å². The van der Waals surface area contributed by atoms with E-state index >= 15 is 0 Å². The summed E-state index contributed by atoms with van der Waals surface area (Å²) in [5, 5.41) is -0.00186. The molecule has 1 aromatic rings. The number of rotatable bonds is 2. The van der Waals surface area contributed by atoms with Gasteiger partial charge in [-0.3, -0.25) is 4.79 Å². The lowest BCUT2D eigenvalue weighted by atomic mass is 9.93. The number of nitrogens with zero attached hydrogens (tertiary/aromatic N) is 1. The van der Waals surface area contributed by atoms with Gasteiger partial charge in [-0.1, -0.05) is 18.9 Å². The van der Waals surface area contributed by atoms with Crippen molar-refractivity contribution in [2.24, 2.45) is 0 Å². The van der Waals surface area contributed by atoms with Crippen LogP contribution in [-0.4, -0.2) is 29.3 Å². The van der Waals surface area contributed by atoms with Gasteiger partial charge in [-0.2, -0.15) is 0 Å².